The van der Waals surface area contributed by atoms with Crippen LogP contribution in [0.25, 0.3) is 0 Å². The summed E-state index contributed by atoms with van der Waals surface area (Å²) in [6.07, 6.45) is 0. The third-order valence-electron chi connectivity index (χ3n) is 2.21. The van der Waals surface area contributed by atoms with Gasteiger partial charge in [0.15, 0.2) is 0 Å². The predicted octanol–water partition coefficient (Wildman–Crippen LogP) is 0.454. The summed E-state index contributed by atoms with van der Waals surface area (Å²) in [6, 6.07) is 2.92. The number of sulfonamides is 1. The molecular formula is C10H13ClFNO4S. The summed E-state index contributed by atoms with van der Waals surface area (Å²) >= 11 is 5.69. The maximum absolute atomic E-state index is 12.9. The molecule has 1 aromatic carbocycles. The molecule has 0 aliphatic carbocycles. The van der Waals surface area contributed by atoms with Crippen LogP contribution in [0.5, 0.6) is 0 Å². The van der Waals surface area contributed by atoms with Gasteiger partial charge in [-0.3, -0.25) is 0 Å². The van der Waals surface area contributed by atoms with Crippen molar-refractivity contribution in [2.24, 2.45) is 0 Å². The molecule has 0 atom stereocenters. The minimum absolute atomic E-state index is 0.170. The van der Waals surface area contributed by atoms with Crippen LogP contribution in [0.2, 0.25) is 5.02 Å². The fourth-order valence-corrected chi connectivity index (χ4v) is 3.33. The summed E-state index contributed by atoms with van der Waals surface area (Å²) in [7, 11) is -3.96. The van der Waals surface area contributed by atoms with E-state index in [1.165, 1.54) is 0 Å². The predicted molar refractivity (Wildman–Crippen MR) is 64.3 cm³/mol. The van der Waals surface area contributed by atoms with Crippen LogP contribution >= 0.6 is 11.6 Å². The van der Waals surface area contributed by atoms with Crippen molar-refractivity contribution >= 4 is 21.6 Å². The van der Waals surface area contributed by atoms with Crippen molar-refractivity contribution in [3.8, 4) is 0 Å². The number of halogens is 2. The zero-order chi connectivity index (χ0) is 13.8. The molecule has 0 aliphatic rings. The van der Waals surface area contributed by atoms with Crippen LogP contribution in [-0.2, 0) is 10.0 Å². The first-order chi connectivity index (χ1) is 8.43. The van der Waals surface area contributed by atoms with Crippen molar-refractivity contribution in [2.75, 3.05) is 26.3 Å². The van der Waals surface area contributed by atoms with Gasteiger partial charge in [-0.1, -0.05) is 11.6 Å². The van der Waals surface area contributed by atoms with E-state index < -0.39 is 29.1 Å². The Bertz CT molecular complexity index is 503. The third kappa shape index (κ3) is 3.39. The molecule has 0 bridgehead atoms. The molecule has 0 heterocycles. The van der Waals surface area contributed by atoms with Gasteiger partial charge in [0, 0.05) is 13.1 Å². The van der Waals surface area contributed by atoms with Gasteiger partial charge in [0.2, 0.25) is 10.0 Å². The van der Waals surface area contributed by atoms with Gasteiger partial charge >= 0.3 is 0 Å². The molecule has 0 amide bonds. The van der Waals surface area contributed by atoms with Gasteiger partial charge in [-0.15, -0.1) is 0 Å². The Morgan fingerprint density at radius 2 is 1.78 bits per heavy atom. The number of aliphatic hydroxyl groups is 2. The summed E-state index contributed by atoms with van der Waals surface area (Å²) in [5, 5.41) is 17.4. The summed E-state index contributed by atoms with van der Waals surface area (Å²) in [5.41, 5.74) is 0. The molecule has 0 radical (unpaired) electrons. The minimum atomic E-state index is -3.96. The molecule has 1 aromatic rings. The quantitative estimate of drug-likeness (QED) is 0.799. The molecule has 0 aliphatic heterocycles. The largest absolute Gasteiger partial charge is 0.395 e. The molecule has 0 saturated heterocycles. The highest BCUT2D eigenvalue weighted by molar-refractivity contribution is 7.89. The van der Waals surface area contributed by atoms with Gasteiger partial charge in [-0.05, 0) is 18.2 Å². The van der Waals surface area contributed by atoms with Crippen LogP contribution in [0.3, 0.4) is 0 Å². The fourth-order valence-electron chi connectivity index (χ4n) is 1.40. The van der Waals surface area contributed by atoms with Gasteiger partial charge in [-0.25, -0.2) is 12.8 Å². The molecule has 2 N–H and O–H groups in total. The minimum Gasteiger partial charge on any atom is -0.395 e. The van der Waals surface area contributed by atoms with E-state index >= 15 is 0 Å². The van der Waals surface area contributed by atoms with Crippen molar-refractivity contribution in [3.63, 3.8) is 0 Å². The van der Waals surface area contributed by atoms with Gasteiger partial charge < -0.3 is 10.2 Å². The van der Waals surface area contributed by atoms with Crippen LogP contribution in [0.4, 0.5) is 4.39 Å². The molecule has 18 heavy (non-hydrogen) atoms. The molecule has 0 aromatic heterocycles. The first-order valence-corrected chi connectivity index (χ1v) is 6.92. The second-order valence-electron chi connectivity index (χ2n) is 3.43. The molecule has 5 nitrogen and oxygen atoms in total. The summed E-state index contributed by atoms with van der Waals surface area (Å²) < 4.78 is 38.0. The smallest absolute Gasteiger partial charge is 0.244 e. The Labute approximate surface area is 109 Å². The Hall–Kier alpha value is -0.730. The van der Waals surface area contributed by atoms with Crippen LogP contribution < -0.4 is 0 Å². The summed E-state index contributed by atoms with van der Waals surface area (Å²) in [4.78, 5) is -0.257. The fraction of sp³-hybridized carbons (Fsp3) is 0.400. The summed E-state index contributed by atoms with van der Waals surface area (Å²) in [6.45, 7) is -1.12. The zero-order valence-electron chi connectivity index (χ0n) is 9.38. The first kappa shape index (κ1) is 15.3. The number of hydrogen-bond acceptors (Lipinski definition) is 4. The van der Waals surface area contributed by atoms with Crippen LogP contribution in [0.1, 0.15) is 0 Å². The lowest BCUT2D eigenvalue weighted by atomic mass is 10.3. The average molecular weight is 298 g/mol. The second-order valence-corrected chi connectivity index (χ2v) is 5.74. The maximum Gasteiger partial charge on any atom is 0.244 e. The van der Waals surface area contributed by atoms with Crippen LogP contribution in [0.15, 0.2) is 23.1 Å². The monoisotopic (exact) mass is 297 g/mol. The molecule has 0 unspecified atom stereocenters. The number of hydrogen-bond donors (Lipinski definition) is 2. The Kier molecular flexibility index (Phi) is 5.48. The van der Waals surface area contributed by atoms with Crippen LogP contribution in [-0.4, -0.2) is 49.2 Å². The second kappa shape index (κ2) is 6.44. The van der Waals surface area contributed by atoms with E-state index in [0.717, 1.165) is 22.5 Å². The zero-order valence-corrected chi connectivity index (χ0v) is 11.0. The van der Waals surface area contributed by atoms with E-state index in [1.807, 2.05) is 0 Å². The highest BCUT2D eigenvalue weighted by Crippen LogP contribution is 2.25. The lowest BCUT2D eigenvalue weighted by Crippen LogP contribution is -2.36. The normalized spacial score (nSPS) is 12.1. The molecule has 0 saturated carbocycles. The Morgan fingerprint density at radius 3 is 2.22 bits per heavy atom. The molecular weight excluding hydrogens is 285 g/mol. The number of nitrogens with zero attached hydrogens (tertiary/aromatic N) is 1. The highest BCUT2D eigenvalue weighted by Gasteiger charge is 2.26. The van der Waals surface area contributed by atoms with Gasteiger partial charge in [-0.2, -0.15) is 4.31 Å². The third-order valence-corrected chi connectivity index (χ3v) is 4.59. The topological polar surface area (TPSA) is 77.8 Å². The Morgan fingerprint density at radius 1 is 1.22 bits per heavy atom. The summed E-state index contributed by atoms with van der Waals surface area (Å²) in [5.74, 6) is -0.644. The number of aliphatic hydroxyl groups excluding tert-OH is 2. The standard InChI is InChI=1S/C10H13ClFNO4S/c11-9-7-8(12)1-2-10(9)18(16,17)13(3-5-14)4-6-15/h1-2,7,14-15H,3-6H2. The van der Waals surface area contributed by atoms with E-state index in [2.05, 4.69) is 0 Å². The Balaban J connectivity index is 3.17. The highest BCUT2D eigenvalue weighted by atomic mass is 35.5. The van der Waals surface area contributed by atoms with E-state index in [1.54, 1.807) is 0 Å². The SMILES string of the molecule is O=S(=O)(c1ccc(F)cc1Cl)N(CCO)CCO. The van der Waals surface area contributed by atoms with E-state index in [4.69, 9.17) is 21.8 Å². The van der Waals surface area contributed by atoms with Crippen LogP contribution in [0, 0.1) is 5.82 Å². The molecule has 1 rings (SSSR count). The molecule has 8 heteroatoms. The van der Waals surface area contributed by atoms with Gasteiger partial charge in [0.25, 0.3) is 0 Å². The van der Waals surface area contributed by atoms with Gasteiger partial charge in [0.1, 0.15) is 10.7 Å². The van der Waals surface area contributed by atoms with Crippen molar-refractivity contribution in [1.82, 2.24) is 4.31 Å². The van der Waals surface area contributed by atoms with E-state index in [9.17, 15) is 12.8 Å². The van der Waals surface area contributed by atoms with E-state index in [0.29, 0.717) is 0 Å². The van der Waals surface area contributed by atoms with Crippen molar-refractivity contribution < 1.29 is 23.0 Å². The maximum atomic E-state index is 12.9. The van der Waals surface area contributed by atoms with Crippen molar-refractivity contribution in [1.29, 1.82) is 0 Å². The van der Waals surface area contributed by atoms with E-state index in [-0.39, 0.29) is 23.0 Å². The lowest BCUT2D eigenvalue weighted by Gasteiger charge is -2.20. The average Bonchev–Trinajstić information content (AvgIpc) is 2.28. The lowest BCUT2D eigenvalue weighted by molar-refractivity contribution is 0.217. The molecule has 0 fully saturated rings. The van der Waals surface area contributed by atoms with Crippen molar-refractivity contribution in [3.05, 3.63) is 29.0 Å². The molecule has 0 spiro atoms. The van der Waals surface area contributed by atoms with Crippen molar-refractivity contribution in [2.45, 2.75) is 4.90 Å². The number of benzene rings is 1. The molecule has 102 valence electrons. The number of rotatable bonds is 6. The first-order valence-electron chi connectivity index (χ1n) is 5.10. The van der Waals surface area contributed by atoms with Gasteiger partial charge in [0.05, 0.1) is 18.2 Å².